The van der Waals surface area contributed by atoms with E-state index in [0.29, 0.717) is 41.0 Å². The van der Waals surface area contributed by atoms with E-state index in [2.05, 4.69) is 56.3 Å². The van der Waals surface area contributed by atoms with E-state index >= 15 is 0 Å². The summed E-state index contributed by atoms with van der Waals surface area (Å²) in [6.07, 6.45) is 0.980. The van der Waals surface area contributed by atoms with Gasteiger partial charge in [0, 0.05) is 24.2 Å². The third kappa shape index (κ3) is 6.37. The second kappa shape index (κ2) is 10.8. The molecule has 0 radical (unpaired) electrons. The highest BCUT2D eigenvalue weighted by molar-refractivity contribution is 5.77. The van der Waals surface area contributed by atoms with Crippen LogP contribution < -0.4 is 21.1 Å². The molecule has 36 heavy (non-hydrogen) atoms. The van der Waals surface area contributed by atoms with E-state index in [-0.39, 0.29) is 29.3 Å². The molecular weight excluding hydrogens is 462 g/mol. The summed E-state index contributed by atoms with van der Waals surface area (Å²) in [5, 5.41) is 5.92. The number of rotatable bonds is 8. The number of imidazole rings is 1. The SMILES string of the molecule is COc1nc(-c2[nH]c(C(C)(C)C)nc2-c2ccnc(NCC(C)NC(=O)OC(C)C)n2)c(C)nc1N. The predicted molar refractivity (Wildman–Crippen MR) is 138 cm³/mol. The van der Waals surface area contributed by atoms with Crippen LogP contribution in [0.3, 0.4) is 0 Å². The van der Waals surface area contributed by atoms with Crippen molar-refractivity contribution in [1.82, 2.24) is 35.2 Å². The van der Waals surface area contributed by atoms with Crippen molar-refractivity contribution in [3.63, 3.8) is 0 Å². The van der Waals surface area contributed by atoms with E-state index < -0.39 is 6.09 Å². The lowest BCUT2D eigenvalue weighted by Crippen LogP contribution is -2.38. The van der Waals surface area contributed by atoms with Crippen molar-refractivity contribution >= 4 is 17.9 Å². The van der Waals surface area contributed by atoms with E-state index in [4.69, 9.17) is 20.2 Å². The minimum absolute atomic E-state index is 0.194. The standard InChI is InChI=1S/C24H35N9O3/c1-12(2)36-23(34)28-13(3)11-27-22-26-10-9-15(30-22)17-18(33-21(32-17)24(5,6)7)16-14(4)29-19(25)20(31-16)35-8/h9-10,12-13H,11H2,1-8H3,(H2,25,29)(H,28,34)(H,32,33)(H,26,27,30). The molecule has 0 fully saturated rings. The van der Waals surface area contributed by atoms with E-state index in [1.807, 2.05) is 13.8 Å². The summed E-state index contributed by atoms with van der Waals surface area (Å²) in [4.78, 5) is 38.0. The van der Waals surface area contributed by atoms with Crippen LogP contribution in [0.25, 0.3) is 22.8 Å². The van der Waals surface area contributed by atoms with Crippen LogP contribution in [0.1, 0.15) is 53.1 Å². The molecule has 1 atom stereocenters. The average Bonchev–Trinajstić information content (AvgIpc) is 3.23. The number of aromatic amines is 1. The molecule has 194 valence electrons. The number of nitrogens with two attached hydrogens (primary N) is 1. The zero-order valence-corrected chi connectivity index (χ0v) is 22.1. The second-order valence-corrected chi connectivity index (χ2v) is 9.76. The highest BCUT2D eigenvalue weighted by Gasteiger charge is 2.26. The van der Waals surface area contributed by atoms with E-state index in [1.165, 1.54) is 7.11 Å². The fourth-order valence-corrected chi connectivity index (χ4v) is 3.31. The van der Waals surface area contributed by atoms with Crippen molar-refractivity contribution in [2.45, 2.75) is 66.0 Å². The van der Waals surface area contributed by atoms with Crippen LogP contribution >= 0.6 is 0 Å². The first kappa shape index (κ1) is 26.6. The molecule has 1 unspecified atom stereocenters. The van der Waals surface area contributed by atoms with E-state index in [0.717, 1.165) is 5.82 Å². The summed E-state index contributed by atoms with van der Waals surface area (Å²) in [6, 6.07) is 1.56. The van der Waals surface area contributed by atoms with Gasteiger partial charge in [0.15, 0.2) is 5.82 Å². The maximum absolute atomic E-state index is 11.8. The monoisotopic (exact) mass is 497 g/mol. The molecule has 3 rings (SSSR count). The summed E-state index contributed by atoms with van der Waals surface area (Å²) in [5.74, 6) is 1.60. The Balaban J connectivity index is 1.93. The number of amides is 1. The molecule has 0 bridgehead atoms. The number of hydrogen-bond donors (Lipinski definition) is 4. The lowest BCUT2D eigenvalue weighted by molar-refractivity contribution is 0.113. The quantitative estimate of drug-likeness (QED) is 0.362. The van der Waals surface area contributed by atoms with Gasteiger partial charge in [-0.1, -0.05) is 20.8 Å². The second-order valence-electron chi connectivity index (χ2n) is 9.76. The van der Waals surface area contributed by atoms with Crippen LogP contribution in [0.2, 0.25) is 0 Å². The zero-order valence-electron chi connectivity index (χ0n) is 22.1. The minimum Gasteiger partial charge on any atom is -0.478 e. The van der Waals surface area contributed by atoms with Gasteiger partial charge in [0.25, 0.3) is 5.88 Å². The van der Waals surface area contributed by atoms with Crippen molar-refractivity contribution < 1.29 is 14.3 Å². The lowest BCUT2D eigenvalue weighted by atomic mass is 9.96. The Labute approximate surface area is 210 Å². The van der Waals surface area contributed by atoms with Crippen LogP contribution in [0.15, 0.2) is 12.3 Å². The van der Waals surface area contributed by atoms with Crippen molar-refractivity contribution in [2.75, 3.05) is 24.7 Å². The number of alkyl carbamates (subject to hydrolysis) is 1. The fraction of sp³-hybridized carbons (Fsp3) is 0.500. The van der Waals surface area contributed by atoms with Crippen LogP contribution in [-0.2, 0) is 10.2 Å². The third-order valence-electron chi connectivity index (χ3n) is 5.08. The largest absolute Gasteiger partial charge is 0.478 e. The first-order valence-corrected chi connectivity index (χ1v) is 11.7. The highest BCUT2D eigenvalue weighted by atomic mass is 16.6. The summed E-state index contributed by atoms with van der Waals surface area (Å²) in [6.45, 7) is 13.9. The Morgan fingerprint density at radius 2 is 1.86 bits per heavy atom. The smallest absolute Gasteiger partial charge is 0.407 e. The molecule has 3 aromatic rings. The van der Waals surface area contributed by atoms with Crippen LogP contribution in [-0.4, -0.2) is 61.8 Å². The number of methoxy groups -OCH3 is 1. The number of carbonyl (C=O) groups excluding carboxylic acids is 1. The number of nitrogen functional groups attached to an aromatic ring is 1. The summed E-state index contributed by atoms with van der Waals surface area (Å²) in [7, 11) is 1.49. The molecule has 0 saturated heterocycles. The summed E-state index contributed by atoms with van der Waals surface area (Å²) in [5.41, 5.74) is 8.72. The minimum atomic E-state index is -0.472. The van der Waals surface area contributed by atoms with Crippen LogP contribution in [0, 0.1) is 6.92 Å². The number of aromatic nitrogens is 6. The Bertz CT molecular complexity index is 1220. The first-order valence-electron chi connectivity index (χ1n) is 11.7. The van der Waals surface area contributed by atoms with Crippen molar-refractivity contribution in [3.8, 4) is 28.7 Å². The van der Waals surface area contributed by atoms with Gasteiger partial charge in [0.05, 0.1) is 30.3 Å². The molecule has 12 heteroatoms. The number of anilines is 2. The Morgan fingerprint density at radius 3 is 2.50 bits per heavy atom. The molecule has 3 heterocycles. The van der Waals surface area contributed by atoms with Gasteiger partial charge in [-0.2, -0.15) is 0 Å². The topological polar surface area (TPSA) is 166 Å². The van der Waals surface area contributed by atoms with Crippen molar-refractivity contribution in [1.29, 1.82) is 0 Å². The van der Waals surface area contributed by atoms with Gasteiger partial charge in [-0.25, -0.2) is 29.7 Å². The molecule has 3 aromatic heterocycles. The number of ether oxygens (including phenoxy) is 2. The van der Waals surface area contributed by atoms with Crippen LogP contribution in [0.5, 0.6) is 5.88 Å². The Hall–Kier alpha value is -3.96. The fourth-order valence-electron chi connectivity index (χ4n) is 3.31. The molecule has 0 saturated carbocycles. The Morgan fingerprint density at radius 1 is 1.14 bits per heavy atom. The van der Waals surface area contributed by atoms with Gasteiger partial charge in [0.2, 0.25) is 5.95 Å². The number of nitrogens with one attached hydrogen (secondary N) is 3. The highest BCUT2D eigenvalue weighted by Crippen LogP contribution is 2.34. The van der Waals surface area contributed by atoms with Crippen molar-refractivity contribution in [3.05, 3.63) is 23.8 Å². The third-order valence-corrected chi connectivity index (χ3v) is 5.08. The normalized spacial score (nSPS) is 12.4. The number of carbonyl (C=O) groups is 1. The lowest BCUT2D eigenvalue weighted by Gasteiger charge is -2.16. The molecule has 5 N–H and O–H groups in total. The summed E-state index contributed by atoms with van der Waals surface area (Å²) >= 11 is 0. The van der Waals surface area contributed by atoms with Crippen molar-refractivity contribution in [2.24, 2.45) is 0 Å². The molecule has 1 amide bonds. The van der Waals surface area contributed by atoms with Crippen LogP contribution in [0.4, 0.5) is 16.6 Å². The molecule has 0 aliphatic carbocycles. The summed E-state index contributed by atoms with van der Waals surface area (Å²) < 4.78 is 10.4. The molecule has 0 aliphatic rings. The molecule has 0 aromatic carbocycles. The van der Waals surface area contributed by atoms with E-state index in [9.17, 15) is 4.79 Å². The number of H-pyrrole nitrogens is 1. The van der Waals surface area contributed by atoms with Gasteiger partial charge < -0.3 is 30.8 Å². The van der Waals surface area contributed by atoms with Gasteiger partial charge in [0.1, 0.15) is 17.2 Å². The van der Waals surface area contributed by atoms with Gasteiger partial charge >= 0.3 is 6.09 Å². The van der Waals surface area contributed by atoms with Gasteiger partial charge in [-0.05, 0) is 33.8 Å². The number of aryl methyl sites for hydroxylation is 1. The van der Waals surface area contributed by atoms with Gasteiger partial charge in [-0.15, -0.1) is 0 Å². The molecule has 0 spiro atoms. The number of nitrogens with zero attached hydrogens (tertiary/aromatic N) is 5. The molecule has 12 nitrogen and oxygen atoms in total. The predicted octanol–water partition coefficient (Wildman–Crippen LogP) is 3.46. The maximum Gasteiger partial charge on any atom is 0.407 e. The first-order chi connectivity index (χ1) is 16.9. The Kier molecular flexibility index (Phi) is 7.96. The van der Waals surface area contributed by atoms with E-state index in [1.54, 1.807) is 26.1 Å². The molecule has 0 aliphatic heterocycles. The number of hydrogen-bond acceptors (Lipinski definition) is 10. The average molecular weight is 498 g/mol. The van der Waals surface area contributed by atoms with Gasteiger partial charge in [-0.3, -0.25) is 0 Å². The zero-order chi connectivity index (χ0) is 26.6. The maximum atomic E-state index is 11.8. The molecular formula is C24H35N9O3.